The molecule has 3 nitrogen and oxygen atoms in total. The SMILES string of the molecule is O[C@H]1C[C@H](NCc2ccccc2)COc2ccccc21. The molecular weight excluding hydrogens is 250 g/mol. The molecule has 1 aliphatic rings. The first-order chi connectivity index (χ1) is 9.83. The van der Waals surface area contributed by atoms with Crippen molar-refractivity contribution in [3.8, 4) is 5.75 Å². The lowest BCUT2D eigenvalue weighted by Crippen LogP contribution is -2.34. The maximum absolute atomic E-state index is 10.3. The van der Waals surface area contributed by atoms with Crippen LogP contribution in [0.2, 0.25) is 0 Å². The van der Waals surface area contributed by atoms with Crippen molar-refractivity contribution in [2.75, 3.05) is 6.61 Å². The highest BCUT2D eigenvalue weighted by Crippen LogP contribution is 2.31. The second kappa shape index (κ2) is 6.07. The molecule has 2 N–H and O–H groups in total. The van der Waals surface area contributed by atoms with Gasteiger partial charge in [0.1, 0.15) is 12.4 Å². The minimum atomic E-state index is -0.470. The molecule has 0 saturated carbocycles. The third-order valence-electron chi connectivity index (χ3n) is 3.66. The van der Waals surface area contributed by atoms with Crippen LogP contribution in [0, 0.1) is 0 Å². The summed E-state index contributed by atoms with van der Waals surface area (Å²) in [6.45, 7) is 1.37. The molecule has 0 aliphatic carbocycles. The van der Waals surface area contributed by atoms with E-state index in [4.69, 9.17) is 4.74 Å². The van der Waals surface area contributed by atoms with Gasteiger partial charge in [0.05, 0.1) is 6.10 Å². The minimum Gasteiger partial charge on any atom is -0.492 e. The van der Waals surface area contributed by atoms with Crippen LogP contribution < -0.4 is 10.1 Å². The first-order valence-corrected chi connectivity index (χ1v) is 7.00. The molecule has 0 unspecified atom stereocenters. The van der Waals surface area contributed by atoms with Crippen LogP contribution in [0.4, 0.5) is 0 Å². The van der Waals surface area contributed by atoms with Gasteiger partial charge in [-0.1, -0.05) is 48.5 Å². The highest BCUT2D eigenvalue weighted by atomic mass is 16.5. The molecule has 3 rings (SSSR count). The van der Waals surface area contributed by atoms with Crippen LogP contribution in [0.5, 0.6) is 5.75 Å². The van der Waals surface area contributed by atoms with Crippen molar-refractivity contribution in [3.05, 3.63) is 65.7 Å². The molecule has 1 aliphatic heterocycles. The largest absolute Gasteiger partial charge is 0.492 e. The molecule has 0 fully saturated rings. The maximum Gasteiger partial charge on any atom is 0.125 e. The molecule has 0 bridgehead atoms. The van der Waals surface area contributed by atoms with Gasteiger partial charge in [0, 0.05) is 18.2 Å². The molecule has 3 heteroatoms. The average Bonchev–Trinajstić information content (AvgIpc) is 2.66. The molecule has 0 radical (unpaired) electrons. The van der Waals surface area contributed by atoms with Gasteiger partial charge in [-0.05, 0) is 18.1 Å². The lowest BCUT2D eigenvalue weighted by atomic mass is 10.0. The Kier molecular flexibility index (Phi) is 4.00. The summed E-state index contributed by atoms with van der Waals surface area (Å²) < 4.78 is 5.80. The third-order valence-corrected chi connectivity index (χ3v) is 3.66. The zero-order chi connectivity index (χ0) is 13.8. The first kappa shape index (κ1) is 13.2. The quantitative estimate of drug-likeness (QED) is 0.900. The Hall–Kier alpha value is -1.84. The van der Waals surface area contributed by atoms with Crippen LogP contribution in [0.15, 0.2) is 54.6 Å². The molecule has 2 atom stereocenters. The van der Waals surface area contributed by atoms with Crippen molar-refractivity contribution in [2.24, 2.45) is 0 Å². The Morgan fingerprint density at radius 3 is 2.65 bits per heavy atom. The molecule has 2 aromatic carbocycles. The fraction of sp³-hybridized carbons (Fsp3) is 0.294. The van der Waals surface area contributed by atoms with Gasteiger partial charge >= 0.3 is 0 Å². The van der Waals surface area contributed by atoms with Crippen LogP contribution in [0.25, 0.3) is 0 Å². The van der Waals surface area contributed by atoms with Gasteiger partial charge in [0.2, 0.25) is 0 Å². The lowest BCUT2D eigenvalue weighted by Gasteiger charge is -2.17. The summed E-state index contributed by atoms with van der Waals surface area (Å²) in [5.41, 5.74) is 2.13. The molecular formula is C17H19NO2. The van der Waals surface area contributed by atoms with E-state index in [1.165, 1.54) is 5.56 Å². The van der Waals surface area contributed by atoms with Gasteiger partial charge in [-0.3, -0.25) is 0 Å². The number of aliphatic hydroxyl groups is 1. The minimum absolute atomic E-state index is 0.151. The van der Waals surface area contributed by atoms with E-state index in [9.17, 15) is 5.11 Å². The predicted octanol–water partition coefficient (Wildman–Crippen LogP) is 2.66. The Labute approximate surface area is 119 Å². The van der Waals surface area contributed by atoms with E-state index < -0.39 is 6.10 Å². The second-order valence-electron chi connectivity index (χ2n) is 5.16. The Morgan fingerprint density at radius 2 is 1.80 bits per heavy atom. The monoisotopic (exact) mass is 269 g/mol. The number of hydrogen-bond acceptors (Lipinski definition) is 3. The van der Waals surface area contributed by atoms with Gasteiger partial charge < -0.3 is 15.2 Å². The van der Waals surface area contributed by atoms with Gasteiger partial charge in [-0.15, -0.1) is 0 Å². The summed E-state index contributed by atoms with van der Waals surface area (Å²) in [6, 6.07) is 18.1. The summed E-state index contributed by atoms with van der Waals surface area (Å²) in [4.78, 5) is 0. The fourth-order valence-corrected chi connectivity index (χ4v) is 2.54. The molecule has 104 valence electrons. The number of nitrogens with one attached hydrogen (secondary N) is 1. The van der Waals surface area contributed by atoms with Crippen molar-refractivity contribution >= 4 is 0 Å². The van der Waals surface area contributed by atoms with Crippen LogP contribution in [-0.2, 0) is 6.54 Å². The van der Waals surface area contributed by atoms with Gasteiger partial charge in [0.15, 0.2) is 0 Å². The van der Waals surface area contributed by atoms with E-state index >= 15 is 0 Å². The normalized spacial score (nSPS) is 21.6. The van der Waals surface area contributed by atoms with E-state index in [0.29, 0.717) is 13.0 Å². The maximum atomic E-state index is 10.3. The van der Waals surface area contributed by atoms with E-state index in [0.717, 1.165) is 17.9 Å². The molecule has 20 heavy (non-hydrogen) atoms. The van der Waals surface area contributed by atoms with E-state index in [2.05, 4.69) is 17.4 Å². The van der Waals surface area contributed by atoms with Crippen molar-refractivity contribution in [2.45, 2.75) is 25.1 Å². The average molecular weight is 269 g/mol. The summed E-state index contributed by atoms with van der Waals surface area (Å²) in [5.74, 6) is 0.795. The lowest BCUT2D eigenvalue weighted by molar-refractivity contribution is 0.151. The molecule has 2 aromatic rings. The second-order valence-corrected chi connectivity index (χ2v) is 5.16. The molecule has 0 saturated heterocycles. The molecule has 0 spiro atoms. The van der Waals surface area contributed by atoms with Crippen LogP contribution in [0.1, 0.15) is 23.7 Å². The highest BCUT2D eigenvalue weighted by molar-refractivity contribution is 5.36. The van der Waals surface area contributed by atoms with Gasteiger partial charge in [-0.25, -0.2) is 0 Å². The van der Waals surface area contributed by atoms with E-state index in [1.807, 2.05) is 42.5 Å². The smallest absolute Gasteiger partial charge is 0.125 e. The first-order valence-electron chi connectivity index (χ1n) is 7.00. The van der Waals surface area contributed by atoms with Crippen LogP contribution in [-0.4, -0.2) is 17.8 Å². The van der Waals surface area contributed by atoms with E-state index in [1.54, 1.807) is 0 Å². The third kappa shape index (κ3) is 3.00. The highest BCUT2D eigenvalue weighted by Gasteiger charge is 2.23. The van der Waals surface area contributed by atoms with Crippen LogP contribution in [0.3, 0.4) is 0 Å². The van der Waals surface area contributed by atoms with Crippen molar-refractivity contribution in [3.63, 3.8) is 0 Å². The summed E-state index contributed by atoms with van der Waals surface area (Å²) in [6.07, 6.45) is 0.200. The fourth-order valence-electron chi connectivity index (χ4n) is 2.54. The Bertz CT molecular complexity index is 556. The van der Waals surface area contributed by atoms with E-state index in [-0.39, 0.29) is 6.04 Å². The number of benzene rings is 2. The number of hydrogen-bond donors (Lipinski definition) is 2. The molecule has 0 aromatic heterocycles. The van der Waals surface area contributed by atoms with Crippen molar-refractivity contribution in [1.29, 1.82) is 0 Å². The zero-order valence-electron chi connectivity index (χ0n) is 11.3. The number of ether oxygens (including phenoxy) is 1. The number of fused-ring (bicyclic) bond motifs is 1. The van der Waals surface area contributed by atoms with Gasteiger partial charge in [0.25, 0.3) is 0 Å². The van der Waals surface area contributed by atoms with Crippen LogP contribution >= 0.6 is 0 Å². The Balaban J connectivity index is 1.63. The Morgan fingerprint density at radius 1 is 1.05 bits per heavy atom. The topological polar surface area (TPSA) is 41.5 Å². The van der Waals surface area contributed by atoms with Crippen molar-refractivity contribution < 1.29 is 9.84 Å². The van der Waals surface area contributed by atoms with Gasteiger partial charge in [-0.2, -0.15) is 0 Å². The number of rotatable bonds is 3. The predicted molar refractivity (Wildman–Crippen MR) is 78.6 cm³/mol. The summed E-state index contributed by atoms with van der Waals surface area (Å²) >= 11 is 0. The number of para-hydroxylation sites is 1. The zero-order valence-corrected chi connectivity index (χ0v) is 11.3. The summed E-state index contributed by atoms with van der Waals surface area (Å²) in [7, 11) is 0. The molecule has 0 amide bonds. The van der Waals surface area contributed by atoms with Crippen molar-refractivity contribution in [1.82, 2.24) is 5.32 Å². The number of aliphatic hydroxyl groups excluding tert-OH is 1. The standard InChI is InChI=1S/C17H19NO2/c19-16-10-14(18-11-13-6-2-1-3-7-13)12-20-17-9-5-4-8-15(16)17/h1-9,14,16,18-19H,10-12H2/t14-,16-/m0/s1. The summed E-state index contributed by atoms with van der Waals surface area (Å²) in [5, 5.41) is 13.7. The molecule has 1 heterocycles.